The summed E-state index contributed by atoms with van der Waals surface area (Å²) in [7, 11) is -4.14. The molecule has 0 saturated carbocycles. The molecular formula is C24H23FN2O5S. The van der Waals surface area contributed by atoms with Crippen LogP contribution in [0.3, 0.4) is 0 Å². The molecule has 3 rings (SSSR count). The van der Waals surface area contributed by atoms with E-state index >= 15 is 0 Å². The van der Waals surface area contributed by atoms with Crippen molar-refractivity contribution in [2.75, 3.05) is 13.2 Å². The first-order valence-electron chi connectivity index (χ1n) is 10.1. The maximum atomic E-state index is 14.1. The number of esters is 1. The summed E-state index contributed by atoms with van der Waals surface area (Å²) in [5.74, 6) is -2.61. The molecule has 0 bridgehead atoms. The molecule has 3 aromatic carbocycles. The summed E-state index contributed by atoms with van der Waals surface area (Å²) in [5.41, 5.74) is 1.33. The highest BCUT2D eigenvalue weighted by molar-refractivity contribution is 7.89. The quantitative estimate of drug-likeness (QED) is 0.484. The summed E-state index contributed by atoms with van der Waals surface area (Å²) in [5, 5.41) is 5.03. The fourth-order valence-electron chi connectivity index (χ4n) is 3.14. The molecule has 0 unspecified atom stereocenters. The highest BCUT2D eigenvalue weighted by atomic mass is 32.2. The van der Waals surface area contributed by atoms with Crippen molar-refractivity contribution in [2.24, 2.45) is 5.14 Å². The van der Waals surface area contributed by atoms with Crippen LogP contribution in [0.15, 0.2) is 83.8 Å². The van der Waals surface area contributed by atoms with E-state index in [-0.39, 0.29) is 0 Å². The number of hydrogen-bond acceptors (Lipinski definition) is 5. The van der Waals surface area contributed by atoms with E-state index in [2.05, 4.69) is 0 Å². The van der Waals surface area contributed by atoms with Gasteiger partial charge in [0.1, 0.15) is 5.82 Å². The molecule has 7 nitrogen and oxygen atoms in total. The second-order valence-corrected chi connectivity index (χ2v) is 8.86. The molecule has 2 N–H and O–H groups in total. The Morgan fingerprint density at radius 3 is 2.12 bits per heavy atom. The van der Waals surface area contributed by atoms with Gasteiger partial charge in [-0.15, -0.1) is 0 Å². The van der Waals surface area contributed by atoms with E-state index in [1.54, 1.807) is 4.90 Å². The molecule has 172 valence electrons. The van der Waals surface area contributed by atoms with Crippen LogP contribution in [0.2, 0.25) is 0 Å². The molecule has 0 radical (unpaired) electrons. The smallest absolute Gasteiger partial charge is 0.341 e. The fourth-order valence-corrected chi connectivity index (χ4v) is 3.68. The van der Waals surface area contributed by atoms with Gasteiger partial charge in [-0.1, -0.05) is 60.7 Å². The second kappa shape index (κ2) is 10.8. The van der Waals surface area contributed by atoms with Gasteiger partial charge in [-0.3, -0.25) is 4.79 Å². The number of ether oxygens (including phenoxy) is 1. The molecule has 9 heteroatoms. The van der Waals surface area contributed by atoms with E-state index in [9.17, 15) is 22.4 Å². The van der Waals surface area contributed by atoms with Crippen LogP contribution < -0.4 is 5.14 Å². The Balaban J connectivity index is 1.70. The molecule has 0 aliphatic rings. The lowest BCUT2D eigenvalue weighted by Crippen LogP contribution is -2.36. The molecule has 0 aliphatic carbocycles. The zero-order valence-electron chi connectivity index (χ0n) is 17.7. The molecule has 3 aromatic rings. The minimum atomic E-state index is -4.14. The van der Waals surface area contributed by atoms with Crippen molar-refractivity contribution in [1.82, 2.24) is 4.90 Å². The van der Waals surface area contributed by atoms with E-state index < -0.39 is 44.8 Å². The number of benzene rings is 3. The largest absolute Gasteiger partial charge is 0.452 e. The van der Waals surface area contributed by atoms with Crippen LogP contribution in [0, 0.1) is 5.82 Å². The zero-order valence-corrected chi connectivity index (χ0v) is 18.5. The number of amides is 1. The lowest BCUT2D eigenvalue weighted by molar-refractivity contribution is -0.135. The standard InChI is InChI=1S/C24H23FN2O5S/c25-22-12-11-20(33(26,30)31)15-21(22)24(29)32-17-23(28)27(16-19-9-5-2-6-10-19)14-13-18-7-3-1-4-8-18/h1-12,15H,13-14,16-17H2,(H2,26,30,31). The molecule has 0 heterocycles. The number of sulfonamides is 1. The van der Waals surface area contributed by atoms with Crippen molar-refractivity contribution in [3.05, 3.63) is 101 Å². The maximum absolute atomic E-state index is 14.1. The molecule has 0 aromatic heterocycles. The number of halogens is 1. The first-order valence-corrected chi connectivity index (χ1v) is 11.6. The van der Waals surface area contributed by atoms with E-state index in [4.69, 9.17) is 9.88 Å². The molecule has 0 aliphatic heterocycles. The SMILES string of the molecule is NS(=O)(=O)c1ccc(F)c(C(=O)OCC(=O)N(CCc2ccccc2)Cc2ccccc2)c1. The number of primary sulfonamides is 1. The van der Waals surface area contributed by atoms with E-state index in [0.717, 1.165) is 29.3 Å². The van der Waals surface area contributed by atoms with E-state index in [1.165, 1.54) is 0 Å². The van der Waals surface area contributed by atoms with Gasteiger partial charge in [0.15, 0.2) is 6.61 Å². The third-order valence-corrected chi connectivity index (χ3v) is 5.81. The van der Waals surface area contributed by atoms with E-state index in [1.807, 2.05) is 60.7 Å². The minimum absolute atomic E-state index is 0.305. The summed E-state index contributed by atoms with van der Waals surface area (Å²) >= 11 is 0. The molecule has 1 amide bonds. The Bertz CT molecular complexity index is 1220. The number of rotatable bonds is 9. The third-order valence-electron chi connectivity index (χ3n) is 4.90. The van der Waals surface area contributed by atoms with Crippen molar-refractivity contribution in [3.8, 4) is 0 Å². The molecule has 0 saturated heterocycles. The lowest BCUT2D eigenvalue weighted by Gasteiger charge is -2.23. The first kappa shape index (κ1) is 24.1. The second-order valence-electron chi connectivity index (χ2n) is 7.30. The van der Waals surface area contributed by atoms with Gasteiger partial charge in [-0.25, -0.2) is 22.7 Å². The highest BCUT2D eigenvalue weighted by Gasteiger charge is 2.21. The lowest BCUT2D eigenvalue weighted by atomic mass is 10.1. The van der Waals surface area contributed by atoms with Gasteiger partial charge in [0.2, 0.25) is 10.0 Å². The highest BCUT2D eigenvalue weighted by Crippen LogP contribution is 2.15. The summed E-state index contributed by atoms with van der Waals surface area (Å²) < 4.78 is 42.0. The van der Waals surface area contributed by atoms with Crippen LogP contribution in [0.4, 0.5) is 4.39 Å². The molecule has 0 fully saturated rings. The van der Waals surface area contributed by atoms with Crippen LogP contribution in [-0.4, -0.2) is 38.3 Å². The minimum Gasteiger partial charge on any atom is -0.452 e. The van der Waals surface area contributed by atoms with Gasteiger partial charge in [-0.05, 0) is 35.7 Å². The predicted molar refractivity (Wildman–Crippen MR) is 120 cm³/mol. The monoisotopic (exact) mass is 470 g/mol. The number of carbonyl (C=O) groups excluding carboxylic acids is 2. The predicted octanol–water partition coefficient (Wildman–Crippen LogP) is 2.90. The third kappa shape index (κ3) is 6.96. The first-order chi connectivity index (χ1) is 15.7. The summed E-state index contributed by atoms with van der Waals surface area (Å²) in [6, 6.07) is 21.5. The number of nitrogens with zero attached hydrogens (tertiary/aromatic N) is 1. The van der Waals surface area contributed by atoms with Crippen LogP contribution in [0.1, 0.15) is 21.5 Å². The fraction of sp³-hybridized carbons (Fsp3) is 0.167. The maximum Gasteiger partial charge on any atom is 0.341 e. The number of hydrogen-bond donors (Lipinski definition) is 1. The van der Waals surface area contributed by atoms with Gasteiger partial charge < -0.3 is 9.64 Å². The molecule has 0 spiro atoms. The Hall–Kier alpha value is -3.56. The number of nitrogens with two attached hydrogens (primary N) is 1. The van der Waals surface area contributed by atoms with Crippen LogP contribution in [-0.2, 0) is 32.5 Å². The van der Waals surface area contributed by atoms with Gasteiger partial charge in [0.05, 0.1) is 10.5 Å². The van der Waals surface area contributed by atoms with Gasteiger partial charge >= 0.3 is 5.97 Å². The van der Waals surface area contributed by atoms with Crippen molar-refractivity contribution < 1.29 is 27.1 Å². The van der Waals surface area contributed by atoms with Gasteiger partial charge in [0.25, 0.3) is 5.91 Å². The topological polar surface area (TPSA) is 107 Å². The summed E-state index contributed by atoms with van der Waals surface area (Å²) in [4.78, 5) is 26.3. The normalized spacial score (nSPS) is 11.1. The van der Waals surface area contributed by atoms with Crippen LogP contribution in [0.25, 0.3) is 0 Å². The van der Waals surface area contributed by atoms with Crippen molar-refractivity contribution in [2.45, 2.75) is 17.9 Å². The van der Waals surface area contributed by atoms with E-state index in [0.29, 0.717) is 19.5 Å². The Kier molecular flexibility index (Phi) is 7.92. The summed E-state index contributed by atoms with van der Waals surface area (Å²) in [6.07, 6.45) is 0.596. The Morgan fingerprint density at radius 1 is 0.909 bits per heavy atom. The summed E-state index contributed by atoms with van der Waals surface area (Å²) in [6.45, 7) is 0.0589. The van der Waals surface area contributed by atoms with Gasteiger partial charge in [-0.2, -0.15) is 0 Å². The van der Waals surface area contributed by atoms with Crippen LogP contribution >= 0.6 is 0 Å². The van der Waals surface area contributed by atoms with Crippen LogP contribution in [0.5, 0.6) is 0 Å². The molecule has 33 heavy (non-hydrogen) atoms. The number of carbonyl (C=O) groups is 2. The Labute approximate surface area is 191 Å². The van der Waals surface area contributed by atoms with Gasteiger partial charge in [0, 0.05) is 13.1 Å². The average Bonchev–Trinajstić information content (AvgIpc) is 2.80. The Morgan fingerprint density at radius 2 is 1.52 bits per heavy atom. The van der Waals surface area contributed by atoms with Crippen molar-refractivity contribution >= 4 is 21.9 Å². The average molecular weight is 471 g/mol. The van der Waals surface area contributed by atoms with Crippen molar-refractivity contribution in [3.63, 3.8) is 0 Å². The zero-order chi connectivity index (χ0) is 23.8. The van der Waals surface area contributed by atoms with Crippen molar-refractivity contribution in [1.29, 1.82) is 0 Å². The molecular weight excluding hydrogens is 447 g/mol. The molecule has 0 atom stereocenters.